The van der Waals surface area contributed by atoms with Gasteiger partial charge in [0.05, 0.1) is 12.7 Å². The van der Waals surface area contributed by atoms with Crippen molar-refractivity contribution in [2.24, 2.45) is 0 Å². The zero-order valence-corrected chi connectivity index (χ0v) is 10.8. The standard InChI is InChI=1S/C14H16FN3O/c1-19-11-8-4-7-10(15)12(11)14-16-13(17-18-14)9-5-2-3-6-9/h4,7-9H,2-3,5-6H2,1H3,(H,16,17,18). The Bertz CT molecular complexity index is 576. The molecule has 1 aliphatic rings. The molecule has 4 nitrogen and oxygen atoms in total. The fourth-order valence-electron chi connectivity index (χ4n) is 2.66. The molecule has 1 aliphatic carbocycles. The lowest BCUT2D eigenvalue weighted by atomic mass is 10.1. The van der Waals surface area contributed by atoms with Crippen molar-refractivity contribution in [1.29, 1.82) is 0 Å². The maximum Gasteiger partial charge on any atom is 0.187 e. The lowest BCUT2D eigenvalue weighted by Crippen LogP contribution is -1.95. The van der Waals surface area contributed by atoms with Gasteiger partial charge in [0.1, 0.15) is 17.4 Å². The van der Waals surface area contributed by atoms with E-state index in [2.05, 4.69) is 15.2 Å². The second kappa shape index (κ2) is 4.99. The second-order valence-corrected chi connectivity index (χ2v) is 4.84. The molecule has 1 heterocycles. The Labute approximate surface area is 111 Å². The molecule has 0 spiro atoms. The van der Waals surface area contributed by atoms with E-state index in [0.29, 0.717) is 23.1 Å². The third-order valence-electron chi connectivity index (χ3n) is 3.66. The molecular formula is C14H16FN3O. The van der Waals surface area contributed by atoms with Gasteiger partial charge < -0.3 is 4.74 Å². The predicted octanol–water partition coefficient (Wildman–Crippen LogP) is 3.28. The maximum absolute atomic E-state index is 13.9. The molecule has 100 valence electrons. The van der Waals surface area contributed by atoms with E-state index in [9.17, 15) is 4.39 Å². The van der Waals surface area contributed by atoms with E-state index in [1.165, 1.54) is 26.0 Å². The molecule has 0 radical (unpaired) electrons. The van der Waals surface area contributed by atoms with Gasteiger partial charge in [0.25, 0.3) is 0 Å². The van der Waals surface area contributed by atoms with Crippen LogP contribution in [0.4, 0.5) is 4.39 Å². The highest BCUT2D eigenvalue weighted by Crippen LogP contribution is 2.34. The minimum Gasteiger partial charge on any atom is -0.496 e. The molecule has 1 N–H and O–H groups in total. The van der Waals surface area contributed by atoms with Gasteiger partial charge in [-0.25, -0.2) is 9.37 Å². The Kier molecular flexibility index (Phi) is 3.19. The van der Waals surface area contributed by atoms with E-state index in [1.807, 2.05) is 0 Å². The van der Waals surface area contributed by atoms with Gasteiger partial charge in [-0.2, -0.15) is 5.10 Å². The number of benzene rings is 1. The van der Waals surface area contributed by atoms with E-state index in [1.54, 1.807) is 12.1 Å². The topological polar surface area (TPSA) is 50.8 Å². The van der Waals surface area contributed by atoms with Gasteiger partial charge >= 0.3 is 0 Å². The van der Waals surface area contributed by atoms with Gasteiger partial charge in [-0.05, 0) is 25.0 Å². The molecule has 1 saturated carbocycles. The van der Waals surface area contributed by atoms with Crippen LogP contribution in [0, 0.1) is 5.82 Å². The van der Waals surface area contributed by atoms with Crippen LogP contribution in [-0.2, 0) is 0 Å². The normalized spacial score (nSPS) is 15.9. The first-order valence-electron chi connectivity index (χ1n) is 6.54. The monoisotopic (exact) mass is 261 g/mol. The smallest absolute Gasteiger partial charge is 0.187 e. The fraction of sp³-hybridized carbons (Fsp3) is 0.429. The predicted molar refractivity (Wildman–Crippen MR) is 69.5 cm³/mol. The number of methoxy groups -OCH3 is 1. The van der Waals surface area contributed by atoms with Crippen LogP contribution in [0.5, 0.6) is 5.75 Å². The second-order valence-electron chi connectivity index (χ2n) is 4.84. The highest BCUT2D eigenvalue weighted by molar-refractivity contribution is 5.64. The van der Waals surface area contributed by atoms with Crippen LogP contribution in [0.3, 0.4) is 0 Å². The van der Waals surface area contributed by atoms with Crippen LogP contribution in [0.2, 0.25) is 0 Å². The van der Waals surface area contributed by atoms with Gasteiger partial charge in [-0.1, -0.05) is 18.9 Å². The van der Waals surface area contributed by atoms with Crippen LogP contribution in [0.1, 0.15) is 37.4 Å². The summed E-state index contributed by atoms with van der Waals surface area (Å²) in [5, 5.41) is 7.09. The Hall–Kier alpha value is -1.91. The number of nitrogens with one attached hydrogen (secondary N) is 1. The fourth-order valence-corrected chi connectivity index (χ4v) is 2.66. The average molecular weight is 261 g/mol. The Morgan fingerprint density at radius 1 is 1.32 bits per heavy atom. The van der Waals surface area contributed by atoms with Crippen molar-refractivity contribution in [3.8, 4) is 17.1 Å². The average Bonchev–Trinajstić information content (AvgIpc) is 3.08. The Morgan fingerprint density at radius 3 is 2.84 bits per heavy atom. The number of aromatic amines is 1. The first kappa shape index (κ1) is 12.1. The van der Waals surface area contributed by atoms with Crippen LogP contribution >= 0.6 is 0 Å². The number of hydrogen-bond acceptors (Lipinski definition) is 3. The summed E-state index contributed by atoms with van der Waals surface area (Å²) in [6, 6.07) is 4.72. The van der Waals surface area contributed by atoms with Gasteiger partial charge in [0, 0.05) is 5.92 Å². The van der Waals surface area contributed by atoms with Crippen molar-refractivity contribution in [3.05, 3.63) is 29.8 Å². The van der Waals surface area contributed by atoms with E-state index in [-0.39, 0.29) is 5.82 Å². The van der Waals surface area contributed by atoms with Crippen molar-refractivity contribution < 1.29 is 9.13 Å². The van der Waals surface area contributed by atoms with Crippen LogP contribution < -0.4 is 4.74 Å². The summed E-state index contributed by atoms with van der Waals surface area (Å²) in [5.41, 5.74) is 0.325. The van der Waals surface area contributed by atoms with Crippen molar-refractivity contribution in [3.63, 3.8) is 0 Å². The molecule has 0 aliphatic heterocycles. The van der Waals surface area contributed by atoms with Crippen molar-refractivity contribution in [2.45, 2.75) is 31.6 Å². The minimum absolute atomic E-state index is 0.325. The summed E-state index contributed by atoms with van der Waals surface area (Å²) in [7, 11) is 1.52. The SMILES string of the molecule is COc1cccc(F)c1-c1n[nH]c(C2CCCC2)n1. The van der Waals surface area contributed by atoms with Gasteiger partial charge in [-0.15, -0.1) is 0 Å². The van der Waals surface area contributed by atoms with Gasteiger partial charge in [0.15, 0.2) is 5.82 Å². The molecule has 19 heavy (non-hydrogen) atoms. The first-order valence-corrected chi connectivity index (χ1v) is 6.54. The largest absolute Gasteiger partial charge is 0.496 e. The van der Waals surface area contributed by atoms with Crippen LogP contribution in [-0.4, -0.2) is 22.3 Å². The molecule has 1 aromatic carbocycles. The summed E-state index contributed by atoms with van der Waals surface area (Å²) < 4.78 is 19.1. The highest BCUT2D eigenvalue weighted by Gasteiger charge is 2.22. The molecule has 3 rings (SSSR count). The van der Waals surface area contributed by atoms with Crippen molar-refractivity contribution in [1.82, 2.24) is 15.2 Å². The van der Waals surface area contributed by atoms with Gasteiger partial charge in [-0.3, -0.25) is 5.10 Å². The van der Waals surface area contributed by atoms with E-state index in [4.69, 9.17) is 4.74 Å². The number of ether oxygens (including phenoxy) is 1. The van der Waals surface area contributed by atoms with Crippen molar-refractivity contribution >= 4 is 0 Å². The molecule has 5 heteroatoms. The number of nitrogens with zero attached hydrogens (tertiary/aromatic N) is 2. The Morgan fingerprint density at radius 2 is 2.11 bits per heavy atom. The number of halogens is 1. The highest BCUT2D eigenvalue weighted by atomic mass is 19.1. The third kappa shape index (κ3) is 2.20. The molecule has 0 amide bonds. The molecular weight excluding hydrogens is 245 g/mol. The molecule has 0 unspecified atom stereocenters. The number of aromatic nitrogens is 3. The van der Waals surface area contributed by atoms with E-state index < -0.39 is 0 Å². The lowest BCUT2D eigenvalue weighted by Gasteiger charge is -2.06. The molecule has 1 aromatic heterocycles. The van der Waals surface area contributed by atoms with Gasteiger partial charge in [0.2, 0.25) is 0 Å². The molecule has 1 fully saturated rings. The first-order chi connectivity index (χ1) is 9.29. The zero-order chi connectivity index (χ0) is 13.2. The van der Waals surface area contributed by atoms with Crippen LogP contribution in [0.25, 0.3) is 11.4 Å². The van der Waals surface area contributed by atoms with E-state index in [0.717, 1.165) is 18.7 Å². The summed E-state index contributed by atoms with van der Waals surface area (Å²) in [5.74, 6) is 1.75. The summed E-state index contributed by atoms with van der Waals surface area (Å²) in [6.45, 7) is 0. The number of H-pyrrole nitrogens is 1. The maximum atomic E-state index is 13.9. The summed E-state index contributed by atoms with van der Waals surface area (Å²) >= 11 is 0. The number of hydrogen-bond donors (Lipinski definition) is 1. The number of rotatable bonds is 3. The molecule has 0 saturated heterocycles. The van der Waals surface area contributed by atoms with E-state index >= 15 is 0 Å². The minimum atomic E-state index is -0.365. The van der Waals surface area contributed by atoms with Crippen molar-refractivity contribution in [2.75, 3.05) is 7.11 Å². The molecule has 0 atom stereocenters. The Balaban J connectivity index is 1.98. The molecule has 0 bridgehead atoms. The molecule has 2 aromatic rings. The quantitative estimate of drug-likeness (QED) is 0.922. The zero-order valence-electron chi connectivity index (χ0n) is 10.8. The van der Waals surface area contributed by atoms with Crippen LogP contribution in [0.15, 0.2) is 18.2 Å². The third-order valence-corrected chi connectivity index (χ3v) is 3.66. The summed E-state index contributed by atoms with van der Waals surface area (Å²) in [6.07, 6.45) is 4.71. The lowest BCUT2D eigenvalue weighted by molar-refractivity contribution is 0.413. The summed E-state index contributed by atoms with van der Waals surface area (Å²) in [4.78, 5) is 4.45.